The number of benzene rings is 16. The summed E-state index contributed by atoms with van der Waals surface area (Å²) in [6.07, 6.45) is 5.12. The van der Waals surface area contributed by atoms with Crippen molar-refractivity contribution in [3.8, 4) is 68.4 Å². The van der Waals surface area contributed by atoms with Gasteiger partial charge in [0.05, 0.1) is 115 Å². The molecule has 0 aliphatic rings. The van der Waals surface area contributed by atoms with Crippen molar-refractivity contribution in [3.63, 3.8) is 0 Å². The number of aryl methyl sites for hydroxylation is 1. The van der Waals surface area contributed by atoms with Gasteiger partial charge in [0.15, 0.2) is 5.75 Å². The number of nitrogens with one attached hydrogen (secondary N) is 10. The second-order valence-electron chi connectivity index (χ2n) is 33.7. The SMILES string of the molecule is CC(C)(C)c1ccc(S(=O)(=O)Nc2ccccc2-c2nc3ccccc3[nH]2)cc1.Cc1ccc(S(=O)(=O)Nc2ccccc2-c2nc3ccccc3[nH]2)cc1F.O=S(=O)(Nc1ccccc1-c1nc2ccccc2[nH]1)c1cc(Cl)cc(Cl)c1O.O=S(=O)(Nc1ccccc1-c1nc2ccccc2[nH]1)c1ccc(-n2ccnc2)cc1.O=S(=O)(Nc1ccccc1-c1nc2ccccc2[nH]1)c1ccc2ccccc2c1. The number of hydrogen-bond donors (Lipinski definition) is 11. The van der Waals surface area contributed by atoms with Gasteiger partial charge in [0.1, 0.15) is 39.8 Å². The van der Waals surface area contributed by atoms with E-state index in [9.17, 15) is 51.6 Å². The molecule has 0 saturated carbocycles. The maximum Gasteiger partial charge on any atom is 0.265 e. The number of hydrogen-bond acceptors (Lipinski definition) is 17. The van der Waals surface area contributed by atoms with E-state index < -0.39 is 66.6 Å². The van der Waals surface area contributed by atoms with Crippen LogP contribution in [-0.2, 0) is 55.5 Å². The fraction of sp³-hybridized carbons (Fsp3) is 0.0467. The molecule has 0 amide bonds. The summed E-state index contributed by atoms with van der Waals surface area (Å²) < 4.78 is 158. The van der Waals surface area contributed by atoms with Gasteiger partial charge in [-0.25, -0.2) is 76.4 Å². The number of aromatic nitrogens is 12. The lowest BCUT2D eigenvalue weighted by atomic mass is 9.87. The van der Waals surface area contributed by atoms with Crippen LogP contribution in [0, 0.1) is 12.7 Å². The molecule has 0 unspecified atom stereocenters. The Morgan fingerprint density at radius 1 is 0.329 bits per heavy atom. The molecular weight excluding hydrogens is 1950 g/mol. The van der Waals surface area contributed by atoms with Crippen molar-refractivity contribution in [2.24, 2.45) is 0 Å². The minimum Gasteiger partial charge on any atom is -0.505 e. The Balaban J connectivity index is 0.000000118. The topological polar surface area (TPSA) is 412 Å². The number of sulfonamides is 5. The summed E-state index contributed by atoms with van der Waals surface area (Å²) in [6, 6.07) is 106. The number of anilines is 5. The van der Waals surface area contributed by atoms with Gasteiger partial charge in [-0.3, -0.25) is 23.6 Å². The van der Waals surface area contributed by atoms with Crippen LogP contribution >= 0.6 is 23.2 Å². The summed E-state index contributed by atoms with van der Waals surface area (Å²) in [6.45, 7) is 7.87. The lowest BCUT2D eigenvalue weighted by Crippen LogP contribution is -2.15. The molecule has 0 aliphatic carbocycles. The largest absolute Gasteiger partial charge is 0.505 e. The molecule has 143 heavy (non-hydrogen) atoms. The van der Waals surface area contributed by atoms with Crippen LogP contribution in [-0.4, -0.2) is 107 Å². The fourth-order valence-electron chi connectivity index (χ4n) is 15.5. The van der Waals surface area contributed by atoms with E-state index in [1.54, 1.807) is 164 Å². The van der Waals surface area contributed by atoms with Crippen molar-refractivity contribution in [3.05, 3.63) is 410 Å². The molecule has 0 atom stereocenters. The standard InChI is InChI=1S/C23H17N3O2S.C23H23N3O2S.C22H17N5O2S.C20H16FN3O2S.C19H13Cl2N3O3S/c27-29(28,18-14-13-16-7-1-2-8-17(16)15-18)26-20-10-4-3-9-19(20)23-24-21-11-5-6-12-22(21)25-23;1-23(2,3)16-12-14-17(15-13-16)29(27,28)26-19-9-5-4-8-18(19)22-24-20-10-6-7-11-21(20)25-22;28-30(29,17-11-9-16(10-12-17)27-14-13-23-15-27)26-19-6-2-1-5-18(19)22-24-20-7-3-4-8-21(20)25-22;1-13-10-11-14(12-16(13)21)27(25,26)24-17-7-3-2-6-15(17)20-22-18-8-4-5-9-19(18)23-20;20-11-9-13(21)18(25)17(10-11)28(26,27)24-14-6-2-1-5-12(14)19-22-15-7-3-4-8-16(15)23-19/h1-15,26H,(H,24,25);4-15,26H,1-3H3,(H,24,25);1-15,26H,(H,24,25);2-12,24H,1H3,(H,22,23);1-10,24-25H,(H,22,23). The van der Waals surface area contributed by atoms with Gasteiger partial charge < -0.3 is 34.6 Å². The maximum absolute atomic E-state index is 13.8. The number of para-hydroxylation sites is 15. The average Bonchev–Trinajstić information content (AvgIpc) is 0.857. The van der Waals surface area contributed by atoms with E-state index in [-0.39, 0.29) is 40.7 Å². The number of H-pyrrole nitrogens is 5. The van der Waals surface area contributed by atoms with E-state index in [1.165, 1.54) is 18.2 Å². The summed E-state index contributed by atoms with van der Waals surface area (Å²) in [7, 11) is -19.4. The minimum atomic E-state index is -4.16. The molecule has 22 aromatic rings. The average molecular weight is 2040 g/mol. The van der Waals surface area contributed by atoms with Gasteiger partial charge in [-0.05, 0) is 228 Å². The van der Waals surface area contributed by atoms with Crippen LogP contribution in [0.1, 0.15) is 31.9 Å². The smallest absolute Gasteiger partial charge is 0.265 e. The lowest BCUT2D eigenvalue weighted by molar-refractivity contribution is 0.459. The van der Waals surface area contributed by atoms with Crippen LogP contribution in [0.3, 0.4) is 0 Å². The van der Waals surface area contributed by atoms with Crippen molar-refractivity contribution >= 4 is 168 Å². The highest BCUT2D eigenvalue weighted by atomic mass is 35.5. The molecule has 22 rings (SSSR count). The van der Waals surface area contributed by atoms with Gasteiger partial charge in [0.25, 0.3) is 50.1 Å². The maximum atomic E-state index is 13.8. The number of phenolic OH excluding ortho intramolecular Hbond substituents is 1. The van der Waals surface area contributed by atoms with Crippen LogP contribution in [0.2, 0.25) is 10.0 Å². The highest BCUT2D eigenvalue weighted by Crippen LogP contribution is 2.40. The number of rotatable bonds is 21. The Hall–Kier alpha value is -16.6. The van der Waals surface area contributed by atoms with Crippen molar-refractivity contribution in [2.45, 2.75) is 57.6 Å². The molecule has 0 fully saturated rings. The number of fused-ring (bicyclic) bond motifs is 6. The predicted octanol–water partition coefficient (Wildman–Crippen LogP) is 24.2. The molecule has 16 aromatic carbocycles. The van der Waals surface area contributed by atoms with E-state index in [2.05, 4.69) is 99.2 Å². The van der Waals surface area contributed by atoms with Crippen molar-refractivity contribution in [1.29, 1.82) is 0 Å². The van der Waals surface area contributed by atoms with E-state index >= 15 is 0 Å². The molecule has 0 saturated heterocycles. The molecular formula is C107H86Cl2FN17O11S5. The first-order valence-corrected chi connectivity index (χ1v) is 52.4. The van der Waals surface area contributed by atoms with Gasteiger partial charge >= 0.3 is 0 Å². The third-order valence-electron chi connectivity index (χ3n) is 22.8. The Bertz CT molecular complexity index is 8980. The molecule has 28 nitrogen and oxygen atoms in total. The first-order chi connectivity index (χ1) is 68.7. The quantitative estimate of drug-likeness (QED) is 0.0318. The van der Waals surface area contributed by atoms with Gasteiger partial charge in [-0.15, -0.1) is 0 Å². The summed E-state index contributed by atoms with van der Waals surface area (Å²) >= 11 is 11.8. The molecule has 11 N–H and O–H groups in total. The summed E-state index contributed by atoms with van der Waals surface area (Å²) in [4.78, 5) is 43.0. The van der Waals surface area contributed by atoms with Crippen LogP contribution in [0.4, 0.5) is 32.8 Å². The minimum absolute atomic E-state index is 0.0381. The molecule has 6 aromatic heterocycles. The Labute approximate surface area is 831 Å². The Kier molecular flexibility index (Phi) is 27.5. The molecule has 0 spiro atoms. The third-order valence-corrected chi connectivity index (χ3v) is 30.2. The van der Waals surface area contributed by atoms with E-state index in [1.807, 2.05) is 200 Å². The number of phenols is 1. The van der Waals surface area contributed by atoms with E-state index in [0.29, 0.717) is 85.3 Å². The van der Waals surface area contributed by atoms with Crippen LogP contribution in [0.15, 0.2) is 407 Å². The summed E-state index contributed by atoms with van der Waals surface area (Å²) in [5, 5.41) is 11.9. The number of imidazole rings is 6. The number of aromatic hydroxyl groups is 1. The van der Waals surface area contributed by atoms with Crippen LogP contribution < -0.4 is 23.6 Å². The molecule has 0 aliphatic heterocycles. The molecule has 6 heterocycles. The van der Waals surface area contributed by atoms with Crippen molar-refractivity contribution < 1.29 is 51.6 Å². The first kappa shape index (κ1) is 96.7. The molecule has 0 radical (unpaired) electrons. The number of aromatic amines is 5. The Morgan fingerprint density at radius 2 is 0.629 bits per heavy atom. The van der Waals surface area contributed by atoms with Crippen molar-refractivity contribution in [1.82, 2.24) is 59.4 Å². The Morgan fingerprint density at radius 3 is 0.972 bits per heavy atom. The van der Waals surface area contributed by atoms with Gasteiger partial charge in [-0.2, -0.15) is 0 Å². The van der Waals surface area contributed by atoms with Gasteiger partial charge in [0.2, 0.25) is 0 Å². The molecule has 716 valence electrons. The van der Waals surface area contributed by atoms with Gasteiger partial charge in [-0.1, -0.05) is 214 Å². The third kappa shape index (κ3) is 22.0. The van der Waals surface area contributed by atoms with E-state index in [0.717, 1.165) is 89.3 Å². The monoisotopic (exact) mass is 2030 g/mol. The number of nitrogens with zero attached hydrogens (tertiary/aromatic N) is 7. The van der Waals surface area contributed by atoms with Crippen LogP contribution in [0.5, 0.6) is 5.75 Å². The molecule has 36 heteroatoms. The number of halogens is 3. The normalized spacial score (nSPS) is 11.8. The van der Waals surface area contributed by atoms with Crippen molar-refractivity contribution in [2.75, 3.05) is 23.6 Å². The van der Waals surface area contributed by atoms with Gasteiger partial charge in [0, 0.05) is 50.9 Å². The zero-order chi connectivity index (χ0) is 100.0. The second kappa shape index (κ2) is 40.7. The highest BCUT2D eigenvalue weighted by Gasteiger charge is 2.28. The highest BCUT2D eigenvalue weighted by molar-refractivity contribution is 7.94. The van der Waals surface area contributed by atoms with E-state index in [4.69, 9.17) is 23.2 Å². The zero-order valence-electron chi connectivity index (χ0n) is 76.2. The lowest BCUT2D eigenvalue weighted by Gasteiger charge is -2.19. The second-order valence-corrected chi connectivity index (χ2v) is 42.9. The summed E-state index contributed by atoms with van der Waals surface area (Å²) in [5.74, 6) is 1.75. The predicted molar refractivity (Wildman–Crippen MR) is 564 cm³/mol. The first-order valence-electron chi connectivity index (χ1n) is 44.2. The van der Waals surface area contributed by atoms with Crippen LogP contribution in [0.25, 0.3) is 129 Å². The fourth-order valence-corrected chi connectivity index (χ4v) is 21.7. The molecule has 0 bridgehead atoms. The zero-order valence-corrected chi connectivity index (χ0v) is 81.8. The summed E-state index contributed by atoms with van der Waals surface area (Å²) in [5.41, 5.74) is 15.9.